The Bertz CT molecular complexity index is 852. The van der Waals surface area contributed by atoms with Crippen LogP contribution in [0.3, 0.4) is 0 Å². The van der Waals surface area contributed by atoms with Gasteiger partial charge in [0.25, 0.3) is 5.56 Å². The monoisotopic (exact) mass is 355 g/mol. The fraction of sp³-hybridized carbons (Fsp3) is 0.571. The molecule has 1 atom stereocenters. The predicted octanol–water partition coefficient (Wildman–Crippen LogP) is 3.76. The number of amides is 1. The van der Waals surface area contributed by atoms with Gasteiger partial charge in [-0.2, -0.15) is 0 Å². The molecular formula is C21H29N3O2. The quantitative estimate of drug-likeness (QED) is 0.793. The Morgan fingerprint density at radius 1 is 1.27 bits per heavy atom. The molecule has 1 saturated carbocycles. The second-order valence-corrected chi connectivity index (χ2v) is 7.72. The van der Waals surface area contributed by atoms with Crippen molar-refractivity contribution in [2.24, 2.45) is 11.8 Å². The summed E-state index contributed by atoms with van der Waals surface area (Å²) >= 11 is 0. The van der Waals surface area contributed by atoms with Gasteiger partial charge in [-0.3, -0.25) is 14.2 Å². The highest BCUT2D eigenvalue weighted by molar-refractivity contribution is 5.80. The minimum Gasteiger partial charge on any atom is -0.332 e. The van der Waals surface area contributed by atoms with Gasteiger partial charge in [0.15, 0.2) is 0 Å². The first-order valence-electron chi connectivity index (χ1n) is 9.74. The van der Waals surface area contributed by atoms with Crippen molar-refractivity contribution in [3.63, 3.8) is 0 Å². The molecule has 0 saturated heterocycles. The van der Waals surface area contributed by atoms with E-state index in [4.69, 9.17) is 4.98 Å². The van der Waals surface area contributed by atoms with Gasteiger partial charge in [0, 0.05) is 19.0 Å². The number of hydrogen-bond acceptors (Lipinski definition) is 3. The molecule has 1 heterocycles. The largest absolute Gasteiger partial charge is 0.332 e. The van der Waals surface area contributed by atoms with Crippen molar-refractivity contribution in [1.82, 2.24) is 14.5 Å². The lowest BCUT2D eigenvalue weighted by Crippen LogP contribution is -2.44. The van der Waals surface area contributed by atoms with Crippen molar-refractivity contribution < 1.29 is 4.79 Å². The Morgan fingerprint density at radius 3 is 2.54 bits per heavy atom. The van der Waals surface area contributed by atoms with E-state index >= 15 is 0 Å². The Hall–Kier alpha value is -2.17. The lowest BCUT2D eigenvalue weighted by Gasteiger charge is -2.36. The van der Waals surface area contributed by atoms with Gasteiger partial charge in [-0.25, -0.2) is 4.98 Å². The van der Waals surface area contributed by atoms with Crippen molar-refractivity contribution >= 4 is 16.8 Å². The van der Waals surface area contributed by atoms with Gasteiger partial charge in [0.05, 0.1) is 16.9 Å². The van der Waals surface area contributed by atoms with E-state index < -0.39 is 0 Å². The van der Waals surface area contributed by atoms with E-state index in [-0.39, 0.29) is 23.4 Å². The summed E-state index contributed by atoms with van der Waals surface area (Å²) < 4.78 is 1.72. The van der Waals surface area contributed by atoms with Crippen molar-refractivity contribution in [3.05, 3.63) is 40.4 Å². The summed E-state index contributed by atoms with van der Waals surface area (Å²) in [6, 6.07) is 7.22. The van der Waals surface area contributed by atoms with Crippen molar-refractivity contribution in [1.29, 1.82) is 0 Å². The highest BCUT2D eigenvalue weighted by atomic mass is 16.2. The SMILES string of the molecule is CCn1c(C(C)N(CC(C)C)C(=O)C2CCC2)nc2ccccc2c1=O. The number of carbonyl (C=O) groups excluding carboxylic acids is 1. The molecule has 1 aromatic carbocycles. The molecule has 1 fully saturated rings. The predicted molar refractivity (Wildman–Crippen MR) is 104 cm³/mol. The van der Waals surface area contributed by atoms with Crippen LogP contribution in [-0.2, 0) is 11.3 Å². The molecule has 0 bridgehead atoms. The second-order valence-electron chi connectivity index (χ2n) is 7.72. The van der Waals surface area contributed by atoms with Gasteiger partial charge in [-0.15, -0.1) is 0 Å². The summed E-state index contributed by atoms with van der Waals surface area (Å²) in [7, 11) is 0. The molecule has 5 nitrogen and oxygen atoms in total. The molecule has 3 rings (SSSR count). The van der Waals surface area contributed by atoms with E-state index in [9.17, 15) is 9.59 Å². The molecule has 140 valence electrons. The number of fused-ring (bicyclic) bond motifs is 1. The van der Waals surface area contributed by atoms with Crippen LogP contribution in [-0.4, -0.2) is 26.9 Å². The Labute approximate surface area is 155 Å². The fourth-order valence-corrected chi connectivity index (χ4v) is 3.67. The number of aromatic nitrogens is 2. The zero-order valence-electron chi connectivity index (χ0n) is 16.2. The van der Waals surface area contributed by atoms with Crippen LogP contribution in [0.15, 0.2) is 29.1 Å². The third kappa shape index (κ3) is 3.39. The Kier molecular flexibility index (Phi) is 5.44. The van der Waals surface area contributed by atoms with Gasteiger partial charge in [-0.1, -0.05) is 32.4 Å². The molecule has 26 heavy (non-hydrogen) atoms. The van der Waals surface area contributed by atoms with Gasteiger partial charge in [0.2, 0.25) is 5.91 Å². The highest BCUT2D eigenvalue weighted by Crippen LogP contribution is 2.32. The standard InChI is InChI=1S/C21H29N3O2/c1-5-23-19(22-18-12-7-6-11-17(18)21(23)26)15(4)24(13-14(2)3)20(25)16-9-8-10-16/h6-7,11-12,14-16H,5,8-10,13H2,1-4H3. The molecule has 1 unspecified atom stereocenters. The number of para-hydroxylation sites is 1. The maximum atomic E-state index is 13.0. The van der Waals surface area contributed by atoms with Crippen LogP contribution in [0.2, 0.25) is 0 Å². The van der Waals surface area contributed by atoms with Crippen LogP contribution < -0.4 is 5.56 Å². The van der Waals surface area contributed by atoms with E-state index in [0.717, 1.165) is 19.3 Å². The summed E-state index contributed by atoms with van der Waals surface area (Å²) in [5, 5.41) is 0.631. The lowest BCUT2D eigenvalue weighted by atomic mass is 9.84. The van der Waals surface area contributed by atoms with Crippen molar-refractivity contribution in [2.45, 2.75) is 59.5 Å². The first-order chi connectivity index (χ1) is 12.4. The topological polar surface area (TPSA) is 55.2 Å². The minimum atomic E-state index is -0.220. The molecule has 0 aliphatic heterocycles. The third-order valence-corrected chi connectivity index (χ3v) is 5.35. The number of benzene rings is 1. The number of carbonyl (C=O) groups is 1. The molecule has 0 radical (unpaired) electrons. The highest BCUT2D eigenvalue weighted by Gasteiger charge is 2.34. The molecule has 2 aromatic rings. The fourth-order valence-electron chi connectivity index (χ4n) is 3.67. The maximum Gasteiger partial charge on any atom is 0.261 e. The lowest BCUT2D eigenvalue weighted by molar-refractivity contribution is -0.141. The van der Waals surface area contributed by atoms with Gasteiger partial charge in [-0.05, 0) is 44.7 Å². The third-order valence-electron chi connectivity index (χ3n) is 5.35. The van der Waals surface area contributed by atoms with Crippen LogP contribution in [0, 0.1) is 11.8 Å². The molecule has 1 aromatic heterocycles. The maximum absolute atomic E-state index is 13.0. The van der Waals surface area contributed by atoms with Gasteiger partial charge in [0.1, 0.15) is 5.82 Å². The van der Waals surface area contributed by atoms with E-state index in [1.807, 2.05) is 43.0 Å². The molecule has 0 N–H and O–H groups in total. The van der Waals surface area contributed by atoms with Crippen molar-refractivity contribution in [2.75, 3.05) is 6.54 Å². The number of nitrogens with zero attached hydrogens (tertiary/aromatic N) is 3. The van der Waals surface area contributed by atoms with Gasteiger partial charge < -0.3 is 4.90 Å². The summed E-state index contributed by atoms with van der Waals surface area (Å²) in [4.78, 5) is 32.7. The van der Waals surface area contributed by atoms with Crippen LogP contribution in [0.25, 0.3) is 10.9 Å². The van der Waals surface area contributed by atoms with Crippen LogP contribution in [0.5, 0.6) is 0 Å². The summed E-state index contributed by atoms with van der Waals surface area (Å²) in [5.41, 5.74) is 0.671. The van der Waals surface area contributed by atoms with E-state index in [0.29, 0.717) is 35.7 Å². The molecule has 1 aliphatic rings. The van der Waals surface area contributed by atoms with Gasteiger partial charge >= 0.3 is 0 Å². The van der Waals surface area contributed by atoms with E-state index in [1.165, 1.54) is 0 Å². The molecule has 0 spiro atoms. The van der Waals surface area contributed by atoms with E-state index in [2.05, 4.69) is 13.8 Å². The normalized spacial score (nSPS) is 15.9. The zero-order chi connectivity index (χ0) is 18.8. The first kappa shape index (κ1) is 18.6. The Balaban J connectivity index is 2.06. The minimum absolute atomic E-state index is 0.0273. The average Bonchev–Trinajstić information content (AvgIpc) is 2.57. The Morgan fingerprint density at radius 2 is 1.96 bits per heavy atom. The summed E-state index contributed by atoms with van der Waals surface area (Å²) in [5.74, 6) is 1.40. The second kappa shape index (κ2) is 7.60. The molecule has 5 heteroatoms. The van der Waals surface area contributed by atoms with Crippen LogP contribution >= 0.6 is 0 Å². The van der Waals surface area contributed by atoms with Crippen LogP contribution in [0.4, 0.5) is 0 Å². The molecular weight excluding hydrogens is 326 g/mol. The molecule has 1 aliphatic carbocycles. The zero-order valence-corrected chi connectivity index (χ0v) is 16.2. The van der Waals surface area contributed by atoms with Crippen molar-refractivity contribution in [3.8, 4) is 0 Å². The summed E-state index contributed by atoms with van der Waals surface area (Å²) in [6.07, 6.45) is 3.09. The smallest absolute Gasteiger partial charge is 0.261 e. The first-order valence-corrected chi connectivity index (χ1v) is 9.74. The summed E-state index contributed by atoms with van der Waals surface area (Å²) in [6.45, 7) is 9.42. The number of rotatable bonds is 6. The number of hydrogen-bond donors (Lipinski definition) is 0. The average molecular weight is 355 g/mol. The van der Waals surface area contributed by atoms with Crippen LogP contribution in [0.1, 0.15) is 58.8 Å². The van der Waals surface area contributed by atoms with E-state index in [1.54, 1.807) is 4.57 Å². The molecule has 1 amide bonds.